The molecule has 0 radical (unpaired) electrons. The lowest BCUT2D eigenvalue weighted by Crippen LogP contribution is -2.24. The summed E-state index contributed by atoms with van der Waals surface area (Å²) in [6.45, 7) is 1.06. The van der Waals surface area contributed by atoms with Gasteiger partial charge >= 0.3 is 0 Å². The van der Waals surface area contributed by atoms with Crippen molar-refractivity contribution in [3.8, 4) is 6.07 Å². The highest BCUT2D eigenvalue weighted by Gasteiger charge is 2.16. The number of methoxy groups -OCH3 is 2. The van der Waals surface area contributed by atoms with Crippen LogP contribution in [-0.4, -0.2) is 36.5 Å². The molecule has 106 valence electrons. The maximum atomic E-state index is 9.14. The van der Waals surface area contributed by atoms with Gasteiger partial charge in [-0.2, -0.15) is 5.26 Å². The predicted octanol–water partition coefficient (Wildman–Crippen LogP) is 2.31. The highest BCUT2D eigenvalue weighted by Crippen LogP contribution is 2.21. The molecule has 1 unspecified atom stereocenters. The topological polar surface area (TPSA) is 60.1 Å². The largest absolute Gasteiger partial charge is 0.382 e. The molecule has 0 aliphatic heterocycles. The molecule has 1 aromatic carbocycles. The number of aromatic nitrogens is 2. The van der Waals surface area contributed by atoms with Crippen molar-refractivity contribution in [2.45, 2.75) is 18.5 Å². The molecule has 1 heterocycles. The summed E-state index contributed by atoms with van der Waals surface area (Å²) < 4.78 is 12.5. The third kappa shape index (κ3) is 2.78. The van der Waals surface area contributed by atoms with Crippen LogP contribution >= 0.6 is 11.6 Å². The minimum atomic E-state index is -0.0925. The lowest BCUT2D eigenvalue weighted by atomic mass is 10.2. The number of rotatable bonds is 6. The number of hydrogen-bond acceptors (Lipinski definition) is 4. The number of alkyl halides is 1. The number of benzene rings is 1. The molecule has 0 fully saturated rings. The fourth-order valence-corrected chi connectivity index (χ4v) is 2.38. The molecule has 0 aliphatic carbocycles. The summed E-state index contributed by atoms with van der Waals surface area (Å²) in [5, 5.41) is 9.14. The Labute approximate surface area is 122 Å². The summed E-state index contributed by atoms with van der Waals surface area (Å²) in [7, 11) is 3.28. The van der Waals surface area contributed by atoms with Gasteiger partial charge in [-0.15, -0.1) is 11.6 Å². The molecule has 0 aliphatic rings. The molecule has 0 spiro atoms. The first-order chi connectivity index (χ1) is 9.74. The van der Waals surface area contributed by atoms with Crippen LogP contribution in [0.5, 0.6) is 0 Å². The summed E-state index contributed by atoms with van der Waals surface area (Å²) in [6.07, 6.45) is -0.0925. The molecule has 2 aromatic rings. The number of fused-ring (bicyclic) bond motifs is 1. The number of nitriles is 1. The van der Waals surface area contributed by atoms with Crippen LogP contribution in [0, 0.1) is 11.3 Å². The van der Waals surface area contributed by atoms with Crippen molar-refractivity contribution in [1.29, 1.82) is 5.26 Å². The minimum absolute atomic E-state index is 0.0925. The summed E-state index contributed by atoms with van der Waals surface area (Å²) in [5.74, 6) is 1.01. The van der Waals surface area contributed by atoms with Crippen molar-refractivity contribution in [2.75, 3.05) is 20.8 Å². The van der Waals surface area contributed by atoms with E-state index in [0.29, 0.717) is 24.2 Å². The minimum Gasteiger partial charge on any atom is -0.382 e. The number of hydrogen-bond donors (Lipinski definition) is 0. The second-order valence-corrected chi connectivity index (χ2v) is 4.64. The molecular formula is C14H16ClN3O2. The number of nitrogens with zero attached hydrogens (tertiary/aromatic N) is 3. The Morgan fingerprint density at radius 2 is 2.25 bits per heavy atom. The van der Waals surface area contributed by atoms with E-state index in [1.807, 2.05) is 16.7 Å². The van der Waals surface area contributed by atoms with Crippen LogP contribution in [-0.2, 0) is 21.9 Å². The van der Waals surface area contributed by atoms with Crippen LogP contribution in [0.25, 0.3) is 11.0 Å². The molecule has 1 atom stereocenters. The van der Waals surface area contributed by atoms with E-state index in [-0.39, 0.29) is 12.0 Å². The maximum Gasteiger partial charge on any atom is 0.124 e. The summed E-state index contributed by atoms with van der Waals surface area (Å²) in [4.78, 5) is 4.46. The van der Waals surface area contributed by atoms with Gasteiger partial charge in [-0.3, -0.25) is 0 Å². The molecule has 2 rings (SSSR count). The van der Waals surface area contributed by atoms with Gasteiger partial charge in [-0.25, -0.2) is 4.98 Å². The Morgan fingerprint density at radius 1 is 1.45 bits per heavy atom. The SMILES string of the molecule is COCC(Cn1c(CCl)nc2c(C#N)cccc21)OC. The molecule has 0 bridgehead atoms. The van der Waals surface area contributed by atoms with Crippen molar-refractivity contribution < 1.29 is 9.47 Å². The van der Waals surface area contributed by atoms with Gasteiger partial charge in [-0.05, 0) is 12.1 Å². The number of ether oxygens (including phenoxy) is 2. The lowest BCUT2D eigenvalue weighted by molar-refractivity contribution is 0.0186. The number of imidazole rings is 1. The van der Waals surface area contributed by atoms with Crippen molar-refractivity contribution in [3.63, 3.8) is 0 Å². The van der Waals surface area contributed by atoms with Crippen LogP contribution in [0.15, 0.2) is 18.2 Å². The van der Waals surface area contributed by atoms with E-state index in [9.17, 15) is 0 Å². The molecular weight excluding hydrogens is 278 g/mol. The lowest BCUT2D eigenvalue weighted by Gasteiger charge is -2.16. The van der Waals surface area contributed by atoms with Crippen molar-refractivity contribution in [2.24, 2.45) is 0 Å². The van der Waals surface area contributed by atoms with Crippen LogP contribution in [0.4, 0.5) is 0 Å². The van der Waals surface area contributed by atoms with Crippen LogP contribution in [0.2, 0.25) is 0 Å². The second kappa shape index (κ2) is 6.71. The maximum absolute atomic E-state index is 9.14. The van der Waals surface area contributed by atoms with E-state index in [2.05, 4.69) is 11.1 Å². The molecule has 0 saturated carbocycles. The first-order valence-corrected chi connectivity index (χ1v) is 6.74. The molecule has 5 nitrogen and oxygen atoms in total. The molecule has 0 amide bonds. The van der Waals surface area contributed by atoms with Gasteiger partial charge in [0.25, 0.3) is 0 Å². The van der Waals surface area contributed by atoms with Crippen LogP contribution in [0.3, 0.4) is 0 Å². The average molecular weight is 294 g/mol. The van der Waals surface area contributed by atoms with Crippen molar-refractivity contribution in [1.82, 2.24) is 9.55 Å². The highest BCUT2D eigenvalue weighted by atomic mass is 35.5. The predicted molar refractivity (Wildman–Crippen MR) is 76.7 cm³/mol. The average Bonchev–Trinajstić information content (AvgIpc) is 2.84. The van der Waals surface area contributed by atoms with Gasteiger partial charge in [0.05, 0.1) is 36.2 Å². The van der Waals surface area contributed by atoms with E-state index >= 15 is 0 Å². The van der Waals surface area contributed by atoms with Gasteiger partial charge in [0.15, 0.2) is 0 Å². The quantitative estimate of drug-likeness (QED) is 0.767. The molecule has 6 heteroatoms. The molecule has 20 heavy (non-hydrogen) atoms. The van der Waals surface area contributed by atoms with Gasteiger partial charge in [-0.1, -0.05) is 6.07 Å². The zero-order chi connectivity index (χ0) is 14.5. The third-order valence-corrected chi connectivity index (χ3v) is 3.41. The van der Waals surface area contributed by atoms with Crippen LogP contribution in [0.1, 0.15) is 11.4 Å². The fraction of sp³-hybridized carbons (Fsp3) is 0.429. The normalized spacial score (nSPS) is 12.5. The van der Waals surface area contributed by atoms with E-state index in [4.69, 9.17) is 26.3 Å². The van der Waals surface area contributed by atoms with Crippen molar-refractivity contribution >= 4 is 22.6 Å². The Morgan fingerprint density at radius 3 is 2.85 bits per heavy atom. The third-order valence-electron chi connectivity index (χ3n) is 3.17. The monoisotopic (exact) mass is 293 g/mol. The highest BCUT2D eigenvalue weighted by molar-refractivity contribution is 6.16. The van der Waals surface area contributed by atoms with E-state index < -0.39 is 0 Å². The Bertz CT molecular complexity index is 633. The molecule has 0 saturated heterocycles. The van der Waals surface area contributed by atoms with Gasteiger partial charge in [0.1, 0.15) is 17.4 Å². The Hall–Kier alpha value is -1.61. The number of para-hydroxylation sites is 1. The summed E-state index contributed by atoms with van der Waals surface area (Å²) >= 11 is 5.96. The van der Waals surface area contributed by atoms with E-state index in [1.165, 1.54) is 0 Å². The van der Waals surface area contributed by atoms with Gasteiger partial charge in [0.2, 0.25) is 0 Å². The zero-order valence-corrected chi connectivity index (χ0v) is 12.2. The first-order valence-electron chi connectivity index (χ1n) is 6.21. The second-order valence-electron chi connectivity index (χ2n) is 4.37. The zero-order valence-electron chi connectivity index (χ0n) is 11.5. The van der Waals surface area contributed by atoms with Gasteiger partial charge in [0, 0.05) is 14.2 Å². The smallest absolute Gasteiger partial charge is 0.124 e. The van der Waals surface area contributed by atoms with E-state index in [0.717, 1.165) is 11.3 Å². The molecule has 1 aromatic heterocycles. The molecule has 0 N–H and O–H groups in total. The standard InChI is InChI=1S/C14H16ClN3O2/c1-19-9-11(20-2)8-18-12-5-3-4-10(7-16)14(12)17-13(18)6-15/h3-5,11H,6,8-9H2,1-2H3. The van der Waals surface area contributed by atoms with E-state index in [1.54, 1.807) is 20.3 Å². The number of halogens is 1. The first kappa shape index (κ1) is 14.8. The van der Waals surface area contributed by atoms with Crippen molar-refractivity contribution in [3.05, 3.63) is 29.6 Å². The summed E-state index contributed by atoms with van der Waals surface area (Å²) in [6, 6.07) is 7.67. The fourth-order valence-electron chi connectivity index (χ4n) is 2.18. The van der Waals surface area contributed by atoms with Gasteiger partial charge < -0.3 is 14.0 Å². The Balaban J connectivity index is 2.48. The Kier molecular flexibility index (Phi) is 4.96. The van der Waals surface area contributed by atoms with Crippen LogP contribution < -0.4 is 0 Å². The summed E-state index contributed by atoms with van der Waals surface area (Å²) in [5.41, 5.74) is 2.11.